The number of hydrogen-bond acceptors (Lipinski definition) is 3. The Hall–Kier alpha value is -2.56. The van der Waals surface area contributed by atoms with Crippen molar-refractivity contribution in [3.05, 3.63) is 59.4 Å². The summed E-state index contributed by atoms with van der Waals surface area (Å²) in [5.74, 6) is -1.25. The van der Waals surface area contributed by atoms with Crippen LogP contribution in [0, 0.1) is 12.7 Å². The molecule has 2 rings (SSSR count). The second-order valence-electron chi connectivity index (χ2n) is 4.59. The highest BCUT2D eigenvalue weighted by Crippen LogP contribution is 2.15. The average Bonchev–Trinajstić information content (AvgIpc) is 2.43. The van der Waals surface area contributed by atoms with Crippen LogP contribution < -0.4 is 10.1 Å². The Kier molecular flexibility index (Phi) is 4.77. The maximum atomic E-state index is 13.5. The summed E-state index contributed by atoms with van der Waals surface area (Å²) < 4.78 is 19.0. The molecule has 0 heterocycles. The SMILES string of the molecule is Cc1cccc(OCCNc2ccc(C(=O)O)c(F)c2)c1. The van der Waals surface area contributed by atoms with E-state index in [-0.39, 0.29) is 5.56 Å². The topological polar surface area (TPSA) is 58.6 Å². The van der Waals surface area contributed by atoms with Crippen molar-refractivity contribution in [2.75, 3.05) is 18.5 Å². The summed E-state index contributed by atoms with van der Waals surface area (Å²) in [6, 6.07) is 11.6. The van der Waals surface area contributed by atoms with Crippen molar-refractivity contribution in [1.29, 1.82) is 0 Å². The van der Waals surface area contributed by atoms with Gasteiger partial charge in [-0.3, -0.25) is 0 Å². The van der Waals surface area contributed by atoms with Gasteiger partial charge in [-0.2, -0.15) is 0 Å². The highest BCUT2D eigenvalue weighted by molar-refractivity contribution is 5.88. The van der Waals surface area contributed by atoms with Gasteiger partial charge in [0.25, 0.3) is 0 Å². The number of hydrogen-bond donors (Lipinski definition) is 2. The highest BCUT2D eigenvalue weighted by Gasteiger charge is 2.09. The van der Waals surface area contributed by atoms with Gasteiger partial charge in [0.2, 0.25) is 0 Å². The van der Waals surface area contributed by atoms with Gasteiger partial charge in [0, 0.05) is 12.2 Å². The Morgan fingerprint density at radius 1 is 1.29 bits per heavy atom. The Balaban J connectivity index is 1.84. The van der Waals surface area contributed by atoms with Crippen molar-refractivity contribution in [1.82, 2.24) is 0 Å². The van der Waals surface area contributed by atoms with Gasteiger partial charge in [0.1, 0.15) is 18.2 Å². The summed E-state index contributed by atoms with van der Waals surface area (Å²) in [6.45, 7) is 2.89. The quantitative estimate of drug-likeness (QED) is 0.801. The second-order valence-corrected chi connectivity index (χ2v) is 4.59. The maximum Gasteiger partial charge on any atom is 0.338 e. The van der Waals surface area contributed by atoms with E-state index in [4.69, 9.17) is 9.84 Å². The average molecular weight is 289 g/mol. The minimum atomic E-state index is -1.28. The van der Waals surface area contributed by atoms with E-state index in [0.29, 0.717) is 18.8 Å². The van der Waals surface area contributed by atoms with Crippen molar-refractivity contribution < 1.29 is 19.0 Å². The first-order valence-electron chi connectivity index (χ1n) is 6.52. The van der Waals surface area contributed by atoms with Crippen molar-refractivity contribution in [2.45, 2.75) is 6.92 Å². The standard InChI is InChI=1S/C16H16FNO3/c1-11-3-2-4-13(9-11)21-8-7-18-12-5-6-14(16(19)20)15(17)10-12/h2-6,9-10,18H,7-8H2,1H3,(H,19,20). The van der Waals surface area contributed by atoms with E-state index in [2.05, 4.69) is 5.32 Å². The molecule has 0 aliphatic rings. The predicted molar refractivity (Wildman–Crippen MR) is 78.5 cm³/mol. The van der Waals surface area contributed by atoms with Crippen LogP contribution in [0.2, 0.25) is 0 Å². The molecule has 110 valence electrons. The molecule has 2 N–H and O–H groups in total. The monoisotopic (exact) mass is 289 g/mol. The first kappa shape index (κ1) is 14.8. The number of carbonyl (C=O) groups is 1. The zero-order valence-corrected chi connectivity index (χ0v) is 11.6. The number of halogens is 1. The third kappa shape index (κ3) is 4.21. The van der Waals surface area contributed by atoms with Gasteiger partial charge in [-0.1, -0.05) is 12.1 Å². The second kappa shape index (κ2) is 6.74. The molecule has 0 bridgehead atoms. The Labute approximate surface area is 122 Å². The molecule has 0 radical (unpaired) electrons. The molecule has 5 heteroatoms. The van der Waals surface area contributed by atoms with E-state index in [1.165, 1.54) is 12.1 Å². The zero-order chi connectivity index (χ0) is 15.2. The molecule has 0 aliphatic carbocycles. The largest absolute Gasteiger partial charge is 0.492 e. The van der Waals surface area contributed by atoms with Gasteiger partial charge in [0.15, 0.2) is 0 Å². The van der Waals surface area contributed by atoms with Crippen LogP contribution in [0.1, 0.15) is 15.9 Å². The summed E-state index contributed by atoms with van der Waals surface area (Å²) in [6.07, 6.45) is 0. The predicted octanol–water partition coefficient (Wildman–Crippen LogP) is 3.32. The number of aromatic carboxylic acids is 1. The summed E-state index contributed by atoms with van der Waals surface area (Å²) in [4.78, 5) is 10.7. The molecule has 2 aromatic rings. The highest BCUT2D eigenvalue weighted by atomic mass is 19.1. The Morgan fingerprint density at radius 2 is 2.10 bits per heavy atom. The van der Waals surface area contributed by atoms with Gasteiger partial charge >= 0.3 is 5.97 Å². The lowest BCUT2D eigenvalue weighted by atomic mass is 10.2. The number of anilines is 1. The van der Waals surface area contributed by atoms with Gasteiger partial charge in [-0.25, -0.2) is 9.18 Å². The number of benzene rings is 2. The normalized spacial score (nSPS) is 10.2. The third-order valence-corrected chi connectivity index (χ3v) is 2.89. The number of ether oxygens (including phenoxy) is 1. The van der Waals surface area contributed by atoms with Crippen LogP contribution in [0.4, 0.5) is 10.1 Å². The van der Waals surface area contributed by atoms with Gasteiger partial charge in [-0.15, -0.1) is 0 Å². The number of rotatable bonds is 6. The molecular formula is C16H16FNO3. The van der Waals surface area contributed by atoms with E-state index in [0.717, 1.165) is 17.4 Å². The lowest BCUT2D eigenvalue weighted by molar-refractivity contribution is 0.0692. The van der Waals surface area contributed by atoms with Crippen molar-refractivity contribution in [3.63, 3.8) is 0 Å². The molecule has 0 saturated heterocycles. The molecular weight excluding hydrogens is 273 g/mol. The van der Waals surface area contributed by atoms with E-state index in [1.807, 2.05) is 31.2 Å². The maximum absolute atomic E-state index is 13.5. The lowest BCUT2D eigenvalue weighted by Gasteiger charge is -2.09. The van der Waals surface area contributed by atoms with E-state index >= 15 is 0 Å². The zero-order valence-electron chi connectivity index (χ0n) is 11.6. The minimum absolute atomic E-state index is 0.337. The summed E-state index contributed by atoms with van der Waals surface area (Å²) in [7, 11) is 0. The lowest BCUT2D eigenvalue weighted by Crippen LogP contribution is -2.12. The number of carboxylic acids is 1. The molecule has 0 aliphatic heterocycles. The van der Waals surface area contributed by atoms with Crippen molar-refractivity contribution >= 4 is 11.7 Å². The van der Waals surface area contributed by atoms with Crippen LogP contribution in [-0.4, -0.2) is 24.2 Å². The number of nitrogens with one attached hydrogen (secondary N) is 1. The fraction of sp³-hybridized carbons (Fsp3) is 0.188. The Bertz CT molecular complexity index is 643. The molecule has 0 fully saturated rings. The van der Waals surface area contributed by atoms with Crippen molar-refractivity contribution in [3.8, 4) is 5.75 Å². The summed E-state index contributed by atoms with van der Waals surface area (Å²) in [5.41, 5.74) is 1.30. The minimum Gasteiger partial charge on any atom is -0.492 e. The summed E-state index contributed by atoms with van der Waals surface area (Å²) >= 11 is 0. The summed E-state index contributed by atoms with van der Waals surface area (Å²) in [5, 5.41) is 11.7. The van der Waals surface area contributed by atoms with Crippen LogP contribution in [0.15, 0.2) is 42.5 Å². The van der Waals surface area contributed by atoms with Gasteiger partial charge < -0.3 is 15.2 Å². The van der Waals surface area contributed by atoms with Crippen LogP contribution in [0.3, 0.4) is 0 Å². The Morgan fingerprint density at radius 3 is 2.76 bits per heavy atom. The molecule has 0 amide bonds. The van der Waals surface area contributed by atoms with Crippen LogP contribution in [-0.2, 0) is 0 Å². The van der Waals surface area contributed by atoms with Crippen LogP contribution >= 0.6 is 0 Å². The number of carboxylic acid groups (broad SMARTS) is 1. The molecule has 21 heavy (non-hydrogen) atoms. The smallest absolute Gasteiger partial charge is 0.338 e. The molecule has 0 saturated carbocycles. The van der Waals surface area contributed by atoms with Gasteiger partial charge in [0.05, 0.1) is 5.56 Å². The van der Waals surface area contributed by atoms with E-state index in [1.54, 1.807) is 0 Å². The van der Waals surface area contributed by atoms with Crippen LogP contribution in [0.25, 0.3) is 0 Å². The molecule has 0 spiro atoms. The fourth-order valence-corrected chi connectivity index (χ4v) is 1.87. The van der Waals surface area contributed by atoms with Crippen LogP contribution in [0.5, 0.6) is 5.75 Å². The molecule has 0 atom stereocenters. The molecule has 4 nitrogen and oxygen atoms in total. The van der Waals surface area contributed by atoms with E-state index in [9.17, 15) is 9.18 Å². The fourth-order valence-electron chi connectivity index (χ4n) is 1.87. The first-order chi connectivity index (χ1) is 10.1. The number of aryl methyl sites for hydroxylation is 1. The molecule has 0 aromatic heterocycles. The molecule has 0 unspecified atom stereocenters. The molecule has 2 aromatic carbocycles. The van der Waals surface area contributed by atoms with Crippen molar-refractivity contribution in [2.24, 2.45) is 0 Å². The van der Waals surface area contributed by atoms with Gasteiger partial charge in [-0.05, 0) is 42.8 Å². The van der Waals surface area contributed by atoms with E-state index < -0.39 is 11.8 Å². The third-order valence-electron chi connectivity index (χ3n) is 2.89. The first-order valence-corrected chi connectivity index (χ1v) is 6.52.